The van der Waals surface area contributed by atoms with Gasteiger partial charge in [-0.05, 0) is 74.6 Å². The Balaban J connectivity index is 1.14. The van der Waals surface area contributed by atoms with Gasteiger partial charge in [-0.2, -0.15) is 0 Å². The zero-order valence-electron chi connectivity index (χ0n) is 30.2. The first-order valence-electron chi connectivity index (χ1n) is 18.6. The summed E-state index contributed by atoms with van der Waals surface area (Å²) in [4.78, 5) is 34.3. The number of aliphatic hydroxyl groups is 2. The number of methoxy groups -OCH3 is 3. The number of carbonyl (C=O) groups is 2. The number of likely N-dealkylation sites (N-methyl/N-ethyl adjacent to an activating group) is 1. The second-order valence-corrected chi connectivity index (χ2v) is 15.8. The average Bonchev–Trinajstić information content (AvgIpc) is 3.57. The number of amides is 1. The highest BCUT2D eigenvalue weighted by atomic mass is 16.6. The number of ether oxygens (including phenoxy) is 4. The number of benzene rings is 1. The molecule has 12 atom stereocenters. The standard InChI is InChI=1S/C40H51N3O8/c1-6-24-18-23(15-17-41-24)12-13-33(44)42-28-11-9-8-10-25(28)36(45)51-37-16-14-32(49-4)39-30(37)20-27(34(39)43(7-2)22-37)38(46)21-29(48-3)26-19-31(39)40(38,47)35(26)50-5/h8-13,15,17-18,26-27,29-32,34-35,46-47H,6-7,14,16,19-22H2,1-5H3,(H,42,44)/b13-12+/t26-,27?,29+,30-,31+,32+,34+,35+,37-,38+,39?,40+/m1/s1. The van der Waals surface area contributed by atoms with Crippen LogP contribution in [0.5, 0.6) is 0 Å². The minimum atomic E-state index is -1.50. The van der Waals surface area contributed by atoms with Gasteiger partial charge >= 0.3 is 5.97 Å². The molecule has 1 aromatic heterocycles. The molecule has 11 heteroatoms. The van der Waals surface area contributed by atoms with Gasteiger partial charge in [-0.1, -0.05) is 26.0 Å². The highest BCUT2D eigenvalue weighted by Crippen LogP contribution is 2.79. The van der Waals surface area contributed by atoms with Crippen LogP contribution < -0.4 is 5.32 Å². The smallest absolute Gasteiger partial charge is 0.340 e. The Bertz CT molecular complexity index is 1740. The van der Waals surface area contributed by atoms with Gasteiger partial charge in [0.25, 0.3) is 0 Å². The maximum absolute atomic E-state index is 14.4. The predicted octanol–water partition coefficient (Wildman–Crippen LogP) is 3.87. The lowest BCUT2D eigenvalue weighted by molar-refractivity contribution is -0.337. The van der Waals surface area contributed by atoms with Gasteiger partial charge in [0.15, 0.2) is 0 Å². The number of anilines is 1. The van der Waals surface area contributed by atoms with Crippen LogP contribution in [0, 0.1) is 29.1 Å². The Kier molecular flexibility index (Phi) is 8.52. The molecule has 1 aromatic carbocycles. The van der Waals surface area contributed by atoms with Gasteiger partial charge in [-0.15, -0.1) is 0 Å². The quantitative estimate of drug-likeness (QED) is 0.247. The number of likely N-dealkylation sites (tertiary alicyclic amines) is 1. The number of hydrogen-bond donors (Lipinski definition) is 3. The molecule has 1 amide bonds. The molecular weight excluding hydrogens is 650 g/mol. The second kappa shape index (κ2) is 12.5. The Labute approximate surface area is 299 Å². The van der Waals surface area contributed by atoms with E-state index >= 15 is 0 Å². The van der Waals surface area contributed by atoms with Crippen molar-refractivity contribution in [2.75, 3.05) is 39.7 Å². The highest BCUT2D eigenvalue weighted by Gasteiger charge is 2.89. The van der Waals surface area contributed by atoms with E-state index in [4.69, 9.17) is 18.9 Å². The van der Waals surface area contributed by atoms with Crippen LogP contribution in [0.15, 0.2) is 48.7 Å². The third kappa shape index (κ3) is 4.61. The van der Waals surface area contributed by atoms with Gasteiger partial charge in [-0.25, -0.2) is 4.79 Å². The van der Waals surface area contributed by atoms with Crippen molar-refractivity contribution in [2.45, 2.75) is 93.5 Å². The molecule has 1 aliphatic heterocycles. The van der Waals surface area contributed by atoms with E-state index in [0.29, 0.717) is 50.9 Å². The lowest BCUT2D eigenvalue weighted by Crippen LogP contribution is -2.83. The van der Waals surface area contributed by atoms with E-state index < -0.39 is 34.3 Å². The number of fused-ring (bicyclic) bond motifs is 2. The minimum Gasteiger partial charge on any atom is -0.454 e. The number of piperidine rings is 1. The number of pyridine rings is 1. The van der Waals surface area contributed by atoms with E-state index in [0.717, 1.165) is 17.7 Å². The topological polar surface area (TPSA) is 140 Å². The fraction of sp³-hybridized carbons (Fsp3) is 0.625. The Hall–Kier alpha value is -3.19. The van der Waals surface area contributed by atoms with Gasteiger partial charge in [0, 0.05) is 87.4 Å². The minimum absolute atomic E-state index is 0.0705. The first-order chi connectivity index (χ1) is 24.6. The molecule has 0 radical (unpaired) electrons. The maximum Gasteiger partial charge on any atom is 0.340 e. The van der Waals surface area contributed by atoms with E-state index in [2.05, 4.69) is 22.1 Å². The van der Waals surface area contributed by atoms with E-state index in [1.54, 1.807) is 57.9 Å². The van der Waals surface area contributed by atoms with Crippen LogP contribution >= 0.6 is 0 Å². The van der Waals surface area contributed by atoms with Crippen LogP contribution in [0.2, 0.25) is 0 Å². The van der Waals surface area contributed by atoms with Crippen molar-refractivity contribution in [3.63, 3.8) is 0 Å². The number of rotatable bonds is 10. The fourth-order valence-electron chi connectivity index (χ4n) is 12.6. The molecule has 5 saturated carbocycles. The van der Waals surface area contributed by atoms with Crippen molar-refractivity contribution < 1.29 is 38.7 Å². The molecule has 6 fully saturated rings. The summed E-state index contributed by atoms with van der Waals surface area (Å²) in [5, 5.41) is 28.8. The van der Waals surface area contributed by atoms with Gasteiger partial charge in [-0.3, -0.25) is 14.7 Å². The fourth-order valence-corrected chi connectivity index (χ4v) is 12.6. The molecule has 3 N–H and O–H groups in total. The van der Waals surface area contributed by atoms with Crippen LogP contribution in [0.1, 0.15) is 67.6 Å². The zero-order valence-corrected chi connectivity index (χ0v) is 30.2. The molecule has 6 aliphatic rings. The monoisotopic (exact) mass is 701 g/mol. The molecule has 1 saturated heterocycles. The zero-order chi connectivity index (χ0) is 35.9. The van der Waals surface area contributed by atoms with Crippen molar-refractivity contribution in [1.29, 1.82) is 0 Å². The third-order valence-electron chi connectivity index (χ3n) is 14.2. The average molecular weight is 702 g/mol. The lowest BCUT2D eigenvalue weighted by Gasteiger charge is -2.70. The number of aromatic nitrogens is 1. The number of nitrogens with zero attached hydrogens (tertiary/aromatic N) is 2. The molecule has 274 valence electrons. The van der Waals surface area contributed by atoms with Gasteiger partial charge in [0.05, 0.1) is 29.6 Å². The van der Waals surface area contributed by atoms with Gasteiger partial charge in [0.2, 0.25) is 5.91 Å². The van der Waals surface area contributed by atoms with Crippen molar-refractivity contribution in [3.05, 3.63) is 65.5 Å². The van der Waals surface area contributed by atoms with Crippen LogP contribution in [-0.4, -0.2) is 108 Å². The third-order valence-corrected chi connectivity index (χ3v) is 14.2. The predicted molar refractivity (Wildman–Crippen MR) is 189 cm³/mol. The largest absolute Gasteiger partial charge is 0.454 e. The summed E-state index contributed by atoms with van der Waals surface area (Å²) in [5.74, 6) is -1.78. The summed E-state index contributed by atoms with van der Waals surface area (Å²) in [6, 6.07) is 10.7. The SMILES string of the molecule is CCc1cc(/C=C/C(=O)Nc2ccccc2C(=O)O[C@@]23CC[C@H](OC)C45[C@H](C(C[C@@H]42)[C@@]2(O)C[C@H](OC)[C@H]4C[C@@H]5[C@]2(O)[C@H]4OC)N(CC)C3)ccn1. The molecule has 51 heavy (non-hydrogen) atoms. The molecule has 2 heterocycles. The molecule has 7 bridgehead atoms. The normalized spacial score (nSPS) is 41.9. The van der Waals surface area contributed by atoms with E-state index in [1.807, 2.05) is 19.1 Å². The maximum atomic E-state index is 14.4. The number of hydrogen-bond acceptors (Lipinski definition) is 10. The van der Waals surface area contributed by atoms with Crippen LogP contribution in [0.25, 0.3) is 6.08 Å². The number of nitrogens with one attached hydrogen (secondary N) is 1. The Morgan fingerprint density at radius 1 is 1.06 bits per heavy atom. The summed E-state index contributed by atoms with van der Waals surface area (Å²) in [7, 11) is 5.06. The summed E-state index contributed by atoms with van der Waals surface area (Å²) in [5.41, 5.74) is -2.00. The summed E-state index contributed by atoms with van der Waals surface area (Å²) in [6.07, 6.45) is 7.43. The number of para-hydroxylation sites is 1. The van der Waals surface area contributed by atoms with Crippen LogP contribution in [0.3, 0.4) is 0 Å². The molecule has 2 unspecified atom stereocenters. The van der Waals surface area contributed by atoms with E-state index in [-0.39, 0.29) is 53.4 Å². The van der Waals surface area contributed by atoms with Gasteiger partial charge < -0.3 is 34.5 Å². The Morgan fingerprint density at radius 3 is 2.59 bits per heavy atom. The molecule has 11 nitrogen and oxygen atoms in total. The van der Waals surface area contributed by atoms with Crippen molar-refractivity contribution in [3.8, 4) is 0 Å². The molecule has 2 aromatic rings. The molecule has 8 rings (SSSR count). The number of aryl methyl sites for hydroxylation is 1. The van der Waals surface area contributed by atoms with E-state index in [9.17, 15) is 19.8 Å². The summed E-state index contributed by atoms with van der Waals surface area (Å²) >= 11 is 0. The van der Waals surface area contributed by atoms with Crippen molar-refractivity contribution in [1.82, 2.24) is 9.88 Å². The molecular formula is C40H51N3O8. The second-order valence-electron chi connectivity index (χ2n) is 15.8. The van der Waals surface area contributed by atoms with Crippen molar-refractivity contribution >= 4 is 23.6 Å². The first-order valence-corrected chi connectivity index (χ1v) is 18.6. The Morgan fingerprint density at radius 2 is 1.86 bits per heavy atom. The number of carbonyl (C=O) groups excluding carboxylic acids is 2. The molecule has 5 aliphatic carbocycles. The molecule has 1 spiro atoms. The van der Waals surface area contributed by atoms with Crippen molar-refractivity contribution in [2.24, 2.45) is 29.1 Å². The van der Waals surface area contributed by atoms with Crippen LogP contribution in [0.4, 0.5) is 5.69 Å². The van der Waals surface area contributed by atoms with Crippen LogP contribution in [-0.2, 0) is 30.2 Å². The highest BCUT2D eigenvalue weighted by molar-refractivity contribution is 6.06. The van der Waals surface area contributed by atoms with E-state index in [1.165, 1.54) is 6.08 Å². The summed E-state index contributed by atoms with van der Waals surface area (Å²) < 4.78 is 25.3. The first kappa shape index (κ1) is 34.9. The lowest BCUT2D eigenvalue weighted by atomic mass is 9.44. The summed E-state index contributed by atoms with van der Waals surface area (Å²) in [6.45, 7) is 5.35. The number of esters is 1. The van der Waals surface area contributed by atoms with Gasteiger partial charge in [0.1, 0.15) is 16.8 Å².